The highest BCUT2D eigenvalue weighted by Crippen LogP contribution is 2.14. The van der Waals surface area contributed by atoms with Gasteiger partial charge in [0.05, 0.1) is 6.04 Å². The van der Waals surface area contributed by atoms with Gasteiger partial charge >= 0.3 is 0 Å². The minimum atomic E-state index is -0.196. The molecule has 1 saturated heterocycles. The molecule has 2 unspecified atom stereocenters. The Morgan fingerprint density at radius 1 is 1.36 bits per heavy atom. The van der Waals surface area contributed by atoms with E-state index in [1.165, 1.54) is 0 Å². The lowest BCUT2D eigenvalue weighted by atomic mass is 10.1. The van der Waals surface area contributed by atoms with Gasteiger partial charge in [-0.3, -0.25) is 9.59 Å². The van der Waals surface area contributed by atoms with Crippen molar-refractivity contribution >= 4 is 33.4 Å². The molecule has 1 fully saturated rings. The van der Waals surface area contributed by atoms with Gasteiger partial charge < -0.3 is 16.0 Å². The van der Waals surface area contributed by atoms with E-state index in [1.807, 2.05) is 31.2 Å². The van der Waals surface area contributed by atoms with E-state index in [4.69, 9.17) is 0 Å². The van der Waals surface area contributed by atoms with Crippen molar-refractivity contribution in [2.45, 2.75) is 44.7 Å². The molecule has 0 spiro atoms. The number of hydrogen-bond acceptors (Lipinski definition) is 3. The van der Waals surface area contributed by atoms with Crippen LogP contribution in [0, 0.1) is 0 Å². The van der Waals surface area contributed by atoms with Crippen LogP contribution in [0.15, 0.2) is 28.7 Å². The van der Waals surface area contributed by atoms with Gasteiger partial charge in [0.1, 0.15) is 0 Å². The third-order valence-electron chi connectivity index (χ3n) is 3.64. The van der Waals surface area contributed by atoms with Gasteiger partial charge in [-0.05, 0) is 50.5 Å². The Morgan fingerprint density at radius 3 is 2.82 bits per heavy atom. The maximum Gasteiger partial charge on any atom is 0.237 e. The zero-order chi connectivity index (χ0) is 15.9. The van der Waals surface area contributed by atoms with E-state index < -0.39 is 0 Å². The van der Waals surface area contributed by atoms with Crippen molar-refractivity contribution in [1.29, 1.82) is 0 Å². The molecule has 22 heavy (non-hydrogen) atoms. The number of anilines is 1. The molecule has 0 radical (unpaired) electrons. The third kappa shape index (κ3) is 5.42. The zero-order valence-electron chi connectivity index (χ0n) is 12.7. The second-order valence-electron chi connectivity index (χ2n) is 5.67. The summed E-state index contributed by atoms with van der Waals surface area (Å²) in [6, 6.07) is 7.21. The first kappa shape index (κ1) is 17.0. The van der Waals surface area contributed by atoms with E-state index in [9.17, 15) is 9.59 Å². The van der Waals surface area contributed by atoms with Gasteiger partial charge in [-0.15, -0.1) is 0 Å². The van der Waals surface area contributed by atoms with Gasteiger partial charge in [0.15, 0.2) is 0 Å². The van der Waals surface area contributed by atoms with Crippen molar-refractivity contribution in [2.24, 2.45) is 0 Å². The number of halogens is 1. The predicted molar refractivity (Wildman–Crippen MR) is 90.6 cm³/mol. The number of hydrogen-bond donors (Lipinski definition) is 3. The van der Waals surface area contributed by atoms with Crippen molar-refractivity contribution in [2.75, 3.05) is 11.9 Å². The Morgan fingerprint density at radius 2 is 2.09 bits per heavy atom. The minimum absolute atomic E-state index is 0.0395. The Kier molecular flexibility index (Phi) is 6.39. The van der Waals surface area contributed by atoms with Gasteiger partial charge in [0, 0.05) is 29.2 Å². The molecular formula is C16H22BrN3O2. The summed E-state index contributed by atoms with van der Waals surface area (Å²) in [5, 5.41) is 9.01. The van der Waals surface area contributed by atoms with E-state index in [0.717, 1.165) is 36.0 Å². The average Bonchev–Trinajstić information content (AvgIpc) is 2.66. The molecule has 1 aromatic carbocycles. The normalized spacial score (nSPS) is 19.9. The van der Waals surface area contributed by atoms with Crippen LogP contribution in [0.4, 0.5) is 5.69 Å². The number of nitrogens with one attached hydrogen (secondary N) is 3. The molecule has 1 aromatic rings. The summed E-state index contributed by atoms with van der Waals surface area (Å²) >= 11 is 3.36. The highest BCUT2D eigenvalue weighted by molar-refractivity contribution is 9.10. The quantitative estimate of drug-likeness (QED) is 0.748. The van der Waals surface area contributed by atoms with Crippen molar-refractivity contribution < 1.29 is 9.59 Å². The topological polar surface area (TPSA) is 70.2 Å². The van der Waals surface area contributed by atoms with E-state index >= 15 is 0 Å². The number of carbonyl (C=O) groups excluding carboxylic acids is 2. The van der Waals surface area contributed by atoms with Gasteiger partial charge in [-0.25, -0.2) is 0 Å². The summed E-state index contributed by atoms with van der Waals surface area (Å²) in [5.74, 6) is -0.0194. The molecule has 5 nitrogen and oxygen atoms in total. The number of benzene rings is 1. The number of carbonyl (C=O) groups is 2. The van der Waals surface area contributed by atoms with E-state index in [0.29, 0.717) is 6.42 Å². The fraction of sp³-hybridized carbons (Fsp3) is 0.500. The highest BCUT2D eigenvalue weighted by atomic mass is 79.9. The van der Waals surface area contributed by atoms with Gasteiger partial charge in [-0.1, -0.05) is 15.9 Å². The van der Waals surface area contributed by atoms with Crippen LogP contribution in [-0.2, 0) is 9.59 Å². The molecule has 0 aliphatic carbocycles. The lowest BCUT2D eigenvalue weighted by molar-refractivity contribution is -0.123. The van der Waals surface area contributed by atoms with Crippen molar-refractivity contribution in [3.63, 3.8) is 0 Å². The molecule has 0 bridgehead atoms. The molecule has 120 valence electrons. The second kappa shape index (κ2) is 8.29. The average molecular weight is 368 g/mol. The van der Waals surface area contributed by atoms with Gasteiger partial charge in [0.25, 0.3) is 0 Å². The zero-order valence-corrected chi connectivity index (χ0v) is 14.3. The monoisotopic (exact) mass is 367 g/mol. The first-order valence-corrected chi connectivity index (χ1v) is 8.43. The number of rotatable bonds is 5. The van der Waals surface area contributed by atoms with Gasteiger partial charge in [0.2, 0.25) is 11.8 Å². The highest BCUT2D eigenvalue weighted by Gasteiger charge is 2.22. The van der Waals surface area contributed by atoms with Crippen molar-refractivity contribution in [3.8, 4) is 0 Å². The van der Waals surface area contributed by atoms with Crippen LogP contribution in [-0.4, -0.2) is 30.4 Å². The molecule has 2 amide bonds. The van der Waals surface area contributed by atoms with E-state index in [1.54, 1.807) is 0 Å². The summed E-state index contributed by atoms with van der Waals surface area (Å²) in [4.78, 5) is 23.9. The predicted octanol–water partition coefficient (Wildman–Crippen LogP) is 2.42. The summed E-state index contributed by atoms with van der Waals surface area (Å²) in [7, 11) is 0. The van der Waals surface area contributed by atoms with Crippen LogP contribution >= 0.6 is 15.9 Å². The maximum atomic E-state index is 12.0. The van der Waals surface area contributed by atoms with Crippen molar-refractivity contribution in [3.05, 3.63) is 28.7 Å². The molecule has 6 heteroatoms. The van der Waals surface area contributed by atoms with Crippen LogP contribution in [0.1, 0.15) is 32.6 Å². The number of amides is 2. The maximum absolute atomic E-state index is 12.0. The van der Waals surface area contributed by atoms with Crippen molar-refractivity contribution in [1.82, 2.24) is 10.6 Å². The Labute approximate surface area is 139 Å². The molecular weight excluding hydrogens is 346 g/mol. The van der Waals surface area contributed by atoms with Gasteiger partial charge in [-0.2, -0.15) is 0 Å². The first-order chi connectivity index (χ1) is 10.5. The minimum Gasteiger partial charge on any atom is -0.355 e. The summed E-state index contributed by atoms with van der Waals surface area (Å²) < 4.78 is 0.972. The SMILES string of the molecule is CC(CC(=O)Nc1ccc(Br)cc1)NC1CCCCNC1=O. The fourth-order valence-corrected chi connectivity index (χ4v) is 2.79. The molecule has 1 heterocycles. The summed E-state index contributed by atoms with van der Waals surface area (Å²) in [5.41, 5.74) is 0.771. The Bertz CT molecular complexity index is 519. The largest absolute Gasteiger partial charge is 0.355 e. The molecule has 2 atom stereocenters. The lowest BCUT2D eigenvalue weighted by Gasteiger charge is -2.20. The summed E-state index contributed by atoms with van der Waals surface area (Å²) in [6.45, 7) is 2.68. The van der Waals surface area contributed by atoms with Crippen LogP contribution in [0.25, 0.3) is 0 Å². The van der Waals surface area contributed by atoms with E-state index in [-0.39, 0.29) is 23.9 Å². The van der Waals surface area contributed by atoms with E-state index in [2.05, 4.69) is 31.9 Å². The Hall–Kier alpha value is -1.40. The standard InChI is InChI=1S/C16H22BrN3O2/c1-11(19-14-4-2-3-9-18-16(14)22)10-15(21)20-13-7-5-12(17)6-8-13/h5-8,11,14,19H,2-4,9-10H2,1H3,(H,18,22)(H,20,21). The Balaban J connectivity index is 1.80. The molecule has 0 aromatic heterocycles. The molecule has 3 N–H and O–H groups in total. The van der Waals surface area contributed by atoms with Crippen LogP contribution in [0.2, 0.25) is 0 Å². The molecule has 2 rings (SSSR count). The van der Waals surface area contributed by atoms with Crippen LogP contribution < -0.4 is 16.0 Å². The lowest BCUT2D eigenvalue weighted by Crippen LogP contribution is -2.47. The third-order valence-corrected chi connectivity index (χ3v) is 4.17. The first-order valence-electron chi connectivity index (χ1n) is 7.64. The smallest absolute Gasteiger partial charge is 0.237 e. The molecule has 1 aliphatic heterocycles. The molecule has 0 saturated carbocycles. The van der Waals surface area contributed by atoms with Crippen LogP contribution in [0.5, 0.6) is 0 Å². The summed E-state index contributed by atoms with van der Waals surface area (Å²) in [6.07, 6.45) is 3.20. The van der Waals surface area contributed by atoms with Crippen LogP contribution in [0.3, 0.4) is 0 Å². The second-order valence-corrected chi connectivity index (χ2v) is 6.58. The fourth-order valence-electron chi connectivity index (χ4n) is 2.52. The molecule has 1 aliphatic rings.